The van der Waals surface area contributed by atoms with Crippen LogP contribution < -0.4 is 10.6 Å². The first-order chi connectivity index (χ1) is 14.9. The summed E-state index contributed by atoms with van der Waals surface area (Å²) in [6, 6.07) is 18.7. The van der Waals surface area contributed by atoms with Crippen LogP contribution in [0.15, 0.2) is 60.7 Å². The zero-order valence-corrected chi connectivity index (χ0v) is 18.6. The summed E-state index contributed by atoms with van der Waals surface area (Å²) < 4.78 is 0. The topological polar surface area (TPSA) is 75.3 Å². The molecule has 2 N–H and O–H groups in total. The van der Waals surface area contributed by atoms with Crippen molar-refractivity contribution in [2.24, 2.45) is 0 Å². The van der Waals surface area contributed by atoms with Gasteiger partial charge in [0.1, 0.15) is 0 Å². The maximum atomic E-state index is 12.6. The lowest BCUT2D eigenvalue weighted by Crippen LogP contribution is -2.27. The maximum absolute atomic E-state index is 12.6. The van der Waals surface area contributed by atoms with Gasteiger partial charge in [-0.15, -0.1) is 11.3 Å². The van der Waals surface area contributed by atoms with Crippen LogP contribution in [0.4, 0.5) is 5.69 Å². The van der Waals surface area contributed by atoms with Gasteiger partial charge in [-0.3, -0.25) is 14.4 Å². The van der Waals surface area contributed by atoms with Crippen LogP contribution >= 0.6 is 11.3 Å². The molecule has 160 valence electrons. The fourth-order valence-electron chi connectivity index (χ4n) is 3.33. The van der Waals surface area contributed by atoms with E-state index in [-0.39, 0.29) is 30.4 Å². The maximum Gasteiger partial charge on any atom is 0.253 e. The Morgan fingerprint density at radius 2 is 1.58 bits per heavy atom. The summed E-state index contributed by atoms with van der Waals surface area (Å²) in [5, 5.41) is 5.67. The SMILES string of the molecule is Cc1cc(C(=O)CCC(=O)Nc2ccccc2C(=O)NCCc2ccccc2)c(C)s1. The highest BCUT2D eigenvalue weighted by molar-refractivity contribution is 7.12. The van der Waals surface area contributed by atoms with Crippen molar-refractivity contribution in [3.8, 4) is 0 Å². The zero-order chi connectivity index (χ0) is 22.2. The molecule has 0 spiro atoms. The molecule has 0 saturated heterocycles. The third-order valence-corrected chi connectivity index (χ3v) is 5.87. The molecule has 0 aliphatic heterocycles. The Morgan fingerprint density at radius 3 is 2.29 bits per heavy atom. The van der Waals surface area contributed by atoms with Gasteiger partial charge in [0.2, 0.25) is 5.91 Å². The number of thiophene rings is 1. The van der Waals surface area contributed by atoms with E-state index in [4.69, 9.17) is 0 Å². The highest BCUT2D eigenvalue weighted by Crippen LogP contribution is 2.22. The largest absolute Gasteiger partial charge is 0.352 e. The fourth-order valence-corrected chi connectivity index (χ4v) is 4.27. The Morgan fingerprint density at radius 1 is 0.871 bits per heavy atom. The average Bonchev–Trinajstić information content (AvgIpc) is 3.11. The molecule has 1 heterocycles. The van der Waals surface area contributed by atoms with Crippen LogP contribution in [0, 0.1) is 13.8 Å². The van der Waals surface area contributed by atoms with Gasteiger partial charge >= 0.3 is 0 Å². The minimum atomic E-state index is -0.289. The number of aryl methyl sites for hydroxylation is 2. The quantitative estimate of drug-likeness (QED) is 0.469. The lowest BCUT2D eigenvalue weighted by Gasteiger charge is -2.11. The van der Waals surface area contributed by atoms with Crippen molar-refractivity contribution in [2.45, 2.75) is 33.1 Å². The molecule has 0 fully saturated rings. The molecule has 0 aliphatic carbocycles. The Kier molecular flexibility index (Phi) is 7.73. The summed E-state index contributed by atoms with van der Waals surface area (Å²) in [5.41, 5.74) is 2.68. The second-order valence-electron chi connectivity index (χ2n) is 7.34. The van der Waals surface area contributed by atoms with Crippen LogP contribution in [-0.2, 0) is 11.2 Å². The molecular formula is C25H26N2O3S. The van der Waals surface area contributed by atoms with E-state index in [0.29, 0.717) is 23.4 Å². The normalized spacial score (nSPS) is 10.5. The van der Waals surface area contributed by atoms with Crippen molar-refractivity contribution < 1.29 is 14.4 Å². The Labute approximate surface area is 186 Å². The van der Waals surface area contributed by atoms with Gasteiger partial charge in [0.25, 0.3) is 5.91 Å². The van der Waals surface area contributed by atoms with E-state index in [2.05, 4.69) is 10.6 Å². The summed E-state index contributed by atoms with van der Waals surface area (Å²) in [6.07, 6.45) is 0.927. The van der Waals surface area contributed by atoms with E-state index in [1.54, 1.807) is 35.6 Å². The molecule has 0 bridgehead atoms. The van der Waals surface area contributed by atoms with Crippen LogP contribution in [0.2, 0.25) is 0 Å². The monoisotopic (exact) mass is 434 g/mol. The number of hydrogen-bond donors (Lipinski definition) is 2. The number of hydrogen-bond acceptors (Lipinski definition) is 4. The second-order valence-corrected chi connectivity index (χ2v) is 8.80. The molecule has 0 aliphatic rings. The Bertz CT molecular complexity index is 1070. The lowest BCUT2D eigenvalue weighted by atomic mass is 10.1. The van der Waals surface area contributed by atoms with Crippen LogP contribution in [0.1, 0.15) is 48.9 Å². The third kappa shape index (κ3) is 6.36. The Hall–Kier alpha value is -3.25. The fraction of sp³-hybridized carbons (Fsp3) is 0.240. The molecule has 5 nitrogen and oxygen atoms in total. The number of ketones is 1. The van der Waals surface area contributed by atoms with Crippen molar-refractivity contribution in [1.29, 1.82) is 0 Å². The van der Waals surface area contributed by atoms with Crippen molar-refractivity contribution in [3.63, 3.8) is 0 Å². The number of Topliss-reactive ketones (excluding diaryl/α,β-unsaturated/α-hetero) is 1. The number of nitrogens with one attached hydrogen (secondary N) is 2. The number of carbonyl (C=O) groups excluding carboxylic acids is 3. The number of para-hydroxylation sites is 1. The lowest BCUT2D eigenvalue weighted by molar-refractivity contribution is -0.116. The van der Waals surface area contributed by atoms with Gasteiger partial charge in [-0.1, -0.05) is 42.5 Å². The van der Waals surface area contributed by atoms with E-state index < -0.39 is 0 Å². The first-order valence-electron chi connectivity index (χ1n) is 10.3. The first-order valence-corrected chi connectivity index (χ1v) is 11.1. The van der Waals surface area contributed by atoms with E-state index in [1.165, 1.54) is 0 Å². The Balaban J connectivity index is 1.54. The van der Waals surface area contributed by atoms with Crippen LogP contribution in [0.25, 0.3) is 0 Å². The average molecular weight is 435 g/mol. The van der Waals surface area contributed by atoms with Crippen molar-refractivity contribution >= 4 is 34.6 Å². The zero-order valence-electron chi connectivity index (χ0n) is 17.7. The van der Waals surface area contributed by atoms with E-state index in [0.717, 1.165) is 21.7 Å². The number of carbonyl (C=O) groups is 3. The van der Waals surface area contributed by atoms with E-state index in [9.17, 15) is 14.4 Å². The number of rotatable bonds is 9. The predicted molar refractivity (Wildman–Crippen MR) is 125 cm³/mol. The number of anilines is 1. The summed E-state index contributed by atoms with van der Waals surface area (Å²) in [4.78, 5) is 39.5. The van der Waals surface area contributed by atoms with Crippen molar-refractivity contribution in [1.82, 2.24) is 5.32 Å². The minimum absolute atomic E-state index is 0.0380. The molecule has 0 unspecified atom stereocenters. The number of amides is 2. The van der Waals surface area contributed by atoms with Crippen LogP contribution in [0.3, 0.4) is 0 Å². The molecule has 0 atom stereocenters. The minimum Gasteiger partial charge on any atom is -0.352 e. The summed E-state index contributed by atoms with van der Waals surface area (Å²) in [7, 11) is 0. The molecule has 31 heavy (non-hydrogen) atoms. The molecule has 0 radical (unpaired) electrons. The first kappa shape index (κ1) is 22.4. The summed E-state index contributed by atoms with van der Waals surface area (Å²) in [6.45, 7) is 4.37. The van der Waals surface area contributed by atoms with Gasteiger partial charge < -0.3 is 10.6 Å². The molecule has 6 heteroatoms. The van der Waals surface area contributed by atoms with Gasteiger partial charge in [0, 0.05) is 34.7 Å². The second kappa shape index (κ2) is 10.7. The summed E-state index contributed by atoms with van der Waals surface area (Å²) >= 11 is 1.58. The number of benzene rings is 2. The van der Waals surface area contributed by atoms with Crippen molar-refractivity contribution in [3.05, 3.63) is 87.1 Å². The van der Waals surface area contributed by atoms with Gasteiger partial charge in [0.15, 0.2) is 5.78 Å². The van der Waals surface area contributed by atoms with Gasteiger partial charge in [0.05, 0.1) is 11.3 Å². The van der Waals surface area contributed by atoms with E-state index >= 15 is 0 Å². The molecule has 3 aromatic rings. The highest BCUT2D eigenvalue weighted by Gasteiger charge is 2.16. The van der Waals surface area contributed by atoms with Gasteiger partial charge in [-0.05, 0) is 44.0 Å². The van der Waals surface area contributed by atoms with Gasteiger partial charge in [-0.2, -0.15) is 0 Å². The molecule has 0 saturated carbocycles. The van der Waals surface area contributed by atoms with E-state index in [1.807, 2.05) is 50.2 Å². The molecular weight excluding hydrogens is 408 g/mol. The molecule has 3 rings (SSSR count). The summed E-state index contributed by atoms with van der Waals surface area (Å²) in [5.74, 6) is -0.571. The third-order valence-electron chi connectivity index (χ3n) is 4.91. The van der Waals surface area contributed by atoms with Crippen LogP contribution in [-0.4, -0.2) is 24.1 Å². The molecule has 1 aromatic heterocycles. The predicted octanol–water partition coefficient (Wildman–Crippen LogP) is 4.94. The van der Waals surface area contributed by atoms with Crippen molar-refractivity contribution in [2.75, 3.05) is 11.9 Å². The standard InChI is InChI=1S/C25H26N2O3S/c1-17-16-21(18(2)31-17)23(28)12-13-24(29)27-22-11-7-6-10-20(22)25(30)26-15-14-19-8-4-3-5-9-19/h3-11,16H,12-15H2,1-2H3,(H,26,30)(H,27,29). The van der Waals surface area contributed by atoms with Gasteiger partial charge in [-0.25, -0.2) is 0 Å². The highest BCUT2D eigenvalue weighted by atomic mass is 32.1. The van der Waals surface area contributed by atoms with Crippen LogP contribution in [0.5, 0.6) is 0 Å². The smallest absolute Gasteiger partial charge is 0.253 e. The molecule has 2 amide bonds. The molecule has 2 aromatic carbocycles.